The van der Waals surface area contributed by atoms with E-state index in [2.05, 4.69) is 10.6 Å². The van der Waals surface area contributed by atoms with Crippen molar-refractivity contribution in [3.05, 3.63) is 71.5 Å². The molecule has 4 amide bonds. The number of halogens is 1. The third kappa shape index (κ3) is 5.69. The van der Waals surface area contributed by atoms with E-state index in [9.17, 15) is 23.6 Å². The van der Waals surface area contributed by atoms with Gasteiger partial charge in [-0.3, -0.25) is 19.7 Å². The molecule has 2 N–H and O–H groups in total. The third-order valence-electron chi connectivity index (χ3n) is 5.24. The number of hydrogen-bond acceptors (Lipinski definition) is 5. The van der Waals surface area contributed by atoms with Crippen molar-refractivity contribution in [2.24, 2.45) is 5.92 Å². The highest BCUT2D eigenvalue weighted by Gasteiger charge is 2.33. The van der Waals surface area contributed by atoms with Gasteiger partial charge in [0.15, 0.2) is 0 Å². The van der Waals surface area contributed by atoms with Gasteiger partial charge in [0.1, 0.15) is 5.82 Å². The molecule has 0 aliphatic carbocycles. The molecule has 0 unspecified atom stereocenters. The molecule has 0 spiro atoms. The minimum absolute atomic E-state index is 0.232. The van der Waals surface area contributed by atoms with Crippen LogP contribution >= 0.6 is 0 Å². The Morgan fingerprint density at radius 2 is 1.62 bits per heavy atom. The largest absolute Gasteiger partial charge is 0.447 e. The zero-order valence-electron chi connectivity index (χ0n) is 17.5. The molecule has 9 heteroatoms. The zero-order chi connectivity index (χ0) is 23.1. The Bertz CT molecular complexity index is 973. The normalized spacial score (nSPS) is 14.9. The molecular weight excluding hydrogens is 417 g/mol. The Hall–Kier alpha value is -3.75. The first kappa shape index (κ1) is 22.9. The van der Waals surface area contributed by atoms with E-state index in [0.717, 1.165) is 0 Å². The Labute approximate surface area is 184 Å². The molecule has 1 aliphatic rings. The lowest BCUT2D eigenvalue weighted by molar-refractivity contribution is -0.161. The Morgan fingerprint density at radius 3 is 2.22 bits per heavy atom. The molecule has 168 valence electrons. The second-order valence-corrected chi connectivity index (χ2v) is 7.37. The van der Waals surface area contributed by atoms with Gasteiger partial charge < -0.3 is 15.0 Å². The summed E-state index contributed by atoms with van der Waals surface area (Å²) in [6, 6.07) is 13.0. The van der Waals surface area contributed by atoms with E-state index in [0.29, 0.717) is 37.1 Å². The first-order chi connectivity index (χ1) is 15.4. The Balaban J connectivity index is 1.62. The average Bonchev–Trinajstić information content (AvgIpc) is 2.82. The highest BCUT2D eigenvalue weighted by atomic mass is 19.1. The van der Waals surface area contributed by atoms with E-state index in [4.69, 9.17) is 4.74 Å². The van der Waals surface area contributed by atoms with Gasteiger partial charge >= 0.3 is 12.0 Å². The van der Waals surface area contributed by atoms with Crippen LogP contribution in [-0.4, -0.2) is 48.9 Å². The lowest BCUT2D eigenvalue weighted by Gasteiger charge is -2.31. The molecular formula is C23H24FN3O5. The summed E-state index contributed by atoms with van der Waals surface area (Å²) >= 11 is 0. The molecule has 0 saturated carbocycles. The topological polar surface area (TPSA) is 105 Å². The summed E-state index contributed by atoms with van der Waals surface area (Å²) < 4.78 is 18.6. The van der Waals surface area contributed by atoms with Crippen LogP contribution in [0.15, 0.2) is 54.6 Å². The fourth-order valence-corrected chi connectivity index (χ4v) is 3.45. The van der Waals surface area contributed by atoms with Gasteiger partial charge in [0.25, 0.3) is 11.8 Å². The third-order valence-corrected chi connectivity index (χ3v) is 5.24. The van der Waals surface area contributed by atoms with E-state index in [1.165, 1.54) is 31.3 Å². The van der Waals surface area contributed by atoms with Gasteiger partial charge in [-0.1, -0.05) is 30.3 Å². The quantitative estimate of drug-likeness (QED) is 0.694. The van der Waals surface area contributed by atoms with E-state index in [-0.39, 0.29) is 5.91 Å². The van der Waals surface area contributed by atoms with Gasteiger partial charge in [-0.2, -0.15) is 0 Å². The van der Waals surface area contributed by atoms with Crippen LogP contribution in [0.1, 0.15) is 34.9 Å². The number of carbonyl (C=O) groups excluding carboxylic acids is 4. The van der Waals surface area contributed by atoms with Crippen LogP contribution in [0.25, 0.3) is 0 Å². The van der Waals surface area contributed by atoms with Crippen LogP contribution in [0.5, 0.6) is 0 Å². The number of piperidine rings is 1. The van der Waals surface area contributed by atoms with Crippen molar-refractivity contribution in [2.45, 2.75) is 18.9 Å². The number of nitrogens with one attached hydrogen (secondary N) is 2. The van der Waals surface area contributed by atoms with Gasteiger partial charge in [-0.05, 0) is 37.1 Å². The molecule has 1 aliphatic heterocycles. The molecule has 3 rings (SSSR count). The van der Waals surface area contributed by atoms with Crippen LogP contribution in [0.2, 0.25) is 0 Å². The maximum absolute atomic E-state index is 13.1. The molecule has 0 bridgehead atoms. The molecule has 0 radical (unpaired) electrons. The predicted octanol–water partition coefficient (Wildman–Crippen LogP) is 2.42. The van der Waals surface area contributed by atoms with Crippen LogP contribution < -0.4 is 10.6 Å². The maximum atomic E-state index is 13.1. The molecule has 1 heterocycles. The van der Waals surface area contributed by atoms with E-state index < -0.39 is 35.7 Å². The van der Waals surface area contributed by atoms with Crippen molar-refractivity contribution >= 4 is 23.8 Å². The summed E-state index contributed by atoms with van der Waals surface area (Å²) in [5, 5.41) is 4.42. The molecule has 1 saturated heterocycles. The fraction of sp³-hybridized carbons (Fsp3) is 0.304. The van der Waals surface area contributed by atoms with Crippen LogP contribution in [0.4, 0.5) is 9.18 Å². The fourth-order valence-electron chi connectivity index (χ4n) is 3.45. The van der Waals surface area contributed by atoms with Crippen LogP contribution in [-0.2, 0) is 14.3 Å². The van der Waals surface area contributed by atoms with E-state index >= 15 is 0 Å². The first-order valence-corrected chi connectivity index (χ1v) is 10.2. The Kier molecular flexibility index (Phi) is 7.54. The van der Waals surface area contributed by atoms with Crippen LogP contribution in [0, 0.1) is 11.7 Å². The summed E-state index contributed by atoms with van der Waals surface area (Å²) in [5.41, 5.74) is 0.814. The van der Waals surface area contributed by atoms with Gasteiger partial charge in [0, 0.05) is 31.3 Å². The molecule has 0 aromatic heterocycles. The van der Waals surface area contributed by atoms with Crippen molar-refractivity contribution in [3.8, 4) is 0 Å². The molecule has 32 heavy (non-hydrogen) atoms. The number of hydrogen-bond donors (Lipinski definition) is 2. The second kappa shape index (κ2) is 10.5. The summed E-state index contributed by atoms with van der Waals surface area (Å²) in [6.07, 6.45) is -0.547. The highest BCUT2D eigenvalue weighted by molar-refractivity contribution is 5.98. The van der Waals surface area contributed by atoms with Crippen molar-refractivity contribution in [1.82, 2.24) is 15.5 Å². The summed E-state index contributed by atoms with van der Waals surface area (Å²) in [4.78, 5) is 51.0. The zero-order valence-corrected chi connectivity index (χ0v) is 17.5. The van der Waals surface area contributed by atoms with Crippen LogP contribution in [0.3, 0.4) is 0 Å². The number of nitrogens with zero attached hydrogens (tertiary/aromatic N) is 1. The molecule has 8 nitrogen and oxygen atoms in total. The lowest BCUT2D eigenvalue weighted by atomic mass is 9.96. The van der Waals surface area contributed by atoms with Gasteiger partial charge in [0.05, 0.1) is 5.92 Å². The molecule has 1 atom stereocenters. The minimum Gasteiger partial charge on any atom is -0.447 e. The molecule has 1 fully saturated rings. The highest BCUT2D eigenvalue weighted by Crippen LogP contribution is 2.25. The summed E-state index contributed by atoms with van der Waals surface area (Å²) in [5.74, 6) is -2.47. The SMILES string of the molecule is CNC(=O)NC(=O)[C@@H](OC(=O)C1CCN(C(=O)c2ccc(F)cc2)CC1)c1ccccc1. The van der Waals surface area contributed by atoms with Gasteiger partial charge in [-0.25, -0.2) is 9.18 Å². The minimum atomic E-state index is -1.28. The van der Waals surface area contributed by atoms with Gasteiger partial charge in [0.2, 0.25) is 6.10 Å². The van der Waals surface area contributed by atoms with E-state index in [1.807, 2.05) is 0 Å². The van der Waals surface area contributed by atoms with Crippen molar-refractivity contribution in [1.29, 1.82) is 0 Å². The smallest absolute Gasteiger partial charge is 0.321 e. The van der Waals surface area contributed by atoms with Crippen molar-refractivity contribution in [3.63, 3.8) is 0 Å². The number of carbonyl (C=O) groups is 4. The Morgan fingerprint density at radius 1 is 1.00 bits per heavy atom. The number of ether oxygens (including phenoxy) is 1. The van der Waals surface area contributed by atoms with Crippen molar-refractivity contribution < 1.29 is 28.3 Å². The standard InChI is InChI=1S/C23H24FN3O5/c1-25-23(31)26-20(28)19(15-5-3-2-4-6-15)32-22(30)17-11-13-27(14-12-17)21(29)16-7-9-18(24)10-8-16/h2-10,17,19H,11-14H2,1H3,(H2,25,26,28,31)/t19-/m0/s1. The molecule has 2 aromatic rings. The maximum Gasteiger partial charge on any atom is 0.321 e. The first-order valence-electron chi connectivity index (χ1n) is 10.2. The summed E-state index contributed by atoms with van der Waals surface area (Å²) in [6.45, 7) is 0.660. The average molecular weight is 441 g/mol. The summed E-state index contributed by atoms with van der Waals surface area (Å²) in [7, 11) is 1.37. The molecule has 2 aromatic carbocycles. The predicted molar refractivity (Wildman–Crippen MR) is 113 cm³/mol. The number of urea groups is 1. The number of likely N-dealkylation sites (tertiary alicyclic amines) is 1. The monoisotopic (exact) mass is 441 g/mol. The number of imide groups is 1. The number of rotatable bonds is 5. The number of esters is 1. The van der Waals surface area contributed by atoms with Gasteiger partial charge in [-0.15, -0.1) is 0 Å². The number of amides is 4. The number of benzene rings is 2. The van der Waals surface area contributed by atoms with Crippen molar-refractivity contribution in [2.75, 3.05) is 20.1 Å². The second-order valence-electron chi connectivity index (χ2n) is 7.37. The lowest BCUT2D eigenvalue weighted by Crippen LogP contribution is -2.43. The van der Waals surface area contributed by atoms with E-state index in [1.54, 1.807) is 35.2 Å².